The van der Waals surface area contributed by atoms with Crippen LogP contribution >= 0.6 is 23.4 Å². The van der Waals surface area contributed by atoms with Gasteiger partial charge >= 0.3 is 0 Å². The van der Waals surface area contributed by atoms with E-state index >= 15 is 0 Å². The van der Waals surface area contributed by atoms with Crippen molar-refractivity contribution in [2.24, 2.45) is 0 Å². The van der Waals surface area contributed by atoms with Crippen molar-refractivity contribution in [1.82, 2.24) is 4.57 Å². The molecular weight excluding hydrogens is 441 g/mol. The van der Waals surface area contributed by atoms with Crippen molar-refractivity contribution in [2.45, 2.75) is 79.5 Å². The first-order valence-corrected chi connectivity index (χ1v) is 12.9. The molecule has 0 atom stereocenters. The number of rotatable bonds is 11. The summed E-state index contributed by atoms with van der Waals surface area (Å²) in [5.74, 6) is 0.623. The van der Waals surface area contributed by atoms with Crippen LogP contribution in [0.25, 0.3) is 0 Å². The summed E-state index contributed by atoms with van der Waals surface area (Å²) in [5.41, 5.74) is 3.86. The Labute approximate surface area is 205 Å². The maximum Gasteiger partial charge on any atom is 0.119 e. The molecule has 0 aromatic carbocycles. The molecule has 5 heteroatoms. The molecule has 0 saturated heterocycles. The molecule has 0 saturated carbocycles. The van der Waals surface area contributed by atoms with Gasteiger partial charge in [0.25, 0.3) is 0 Å². The van der Waals surface area contributed by atoms with Gasteiger partial charge in [0.15, 0.2) is 0 Å². The molecule has 2 nitrogen and oxygen atoms in total. The first-order chi connectivity index (χ1) is 15.4. The van der Waals surface area contributed by atoms with E-state index in [1.165, 1.54) is 18.6 Å². The quantitative estimate of drug-likeness (QED) is 0.193. The molecule has 1 N–H and O–H groups in total. The number of aliphatic hydroxyl groups excluding tert-OH is 1. The van der Waals surface area contributed by atoms with E-state index in [4.69, 9.17) is 11.6 Å². The third-order valence-corrected chi connectivity index (χ3v) is 5.47. The zero-order chi connectivity index (χ0) is 24.9. The maximum atomic E-state index is 13.8. The highest BCUT2D eigenvalue weighted by Gasteiger charge is 2.13. The Hall–Kier alpha value is -1.49. The van der Waals surface area contributed by atoms with Crippen LogP contribution in [0.5, 0.6) is 0 Å². The van der Waals surface area contributed by atoms with Gasteiger partial charge in [-0.15, -0.1) is 23.4 Å². The third kappa shape index (κ3) is 13.1. The SMILES string of the molecule is C=C/C=C(\C=C/C)Cn1c(SC/C(=C\C(F)=C/CC)CCl)cc(CO)c1C.CC.CCC. The van der Waals surface area contributed by atoms with Gasteiger partial charge < -0.3 is 9.67 Å². The number of nitrogens with zero attached hydrogens (tertiary/aromatic N) is 1. The molecule has 0 aliphatic rings. The minimum atomic E-state index is -0.249. The highest BCUT2D eigenvalue weighted by Crippen LogP contribution is 2.28. The summed E-state index contributed by atoms with van der Waals surface area (Å²) in [6.07, 6.45) is 12.7. The summed E-state index contributed by atoms with van der Waals surface area (Å²) in [4.78, 5) is 0. The smallest absolute Gasteiger partial charge is 0.119 e. The molecule has 1 aromatic rings. The van der Waals surface area contributed by atoms with Crippen LogP contribution in [-0.4, -0.2) is 21.3 Å². The Bertz CT molecular complexity index is 760. The predicted octanol–water partition coefficient (Wildman–Crippen LogP) is 8.94. The minimum Gasteiger partial charge on any atom is -0.392 e. The maximum absolute atomic E-state index is 13.8. The number of alkyl halides is 1. The summed E-state index contributed by atoms with van der Waals surface area (Å²) in [6, 6.07) is 1.99. The first kappa shape index (κ1) is 32.7. The van der Waals surface area contributed by atoms with Gasteiger partial charge in [-0.3, -0.25) is 0 Å². The van der Waals surface area contributed by atoms with Crippen LogP contribution in [0.4, 0.5) is 4.39 Å². The summed E-state index contributed by atoms with van der Waals surface area (Å²) < 4.78 is 15.9. The van der Waals surface area contributed by atoms with E-state index in [9.17, 15) is 9.50 Å². The van der Waals surface area contributed by atoms with Crippen molar-refractivity contribution in [3.63, 3.8) is 0 Å². The Balaban J connectivity index is 0. The minimum absolute atomic E-state index is 0.0113. The summed E-state index contributed by atoms with van der Waals surface area (Å²) >= 11 is 7.59. The molecule has 0 unspecified atom stereocenters. The van der Waals surface area contributed by atoms with E-state index in [0.29, 0.717) is 18.7 Å². The van der Waals surface area contributed by atoms with Crippen molar-refractivity contribution in [3.05, 3.63) is 77.3 Å². The van der Waals surface area contributed by atoms with Crippen LogP contribution in [0.3, 0.4) is 0 Å². The Kier molecular flexibility index (Phi) is 21.8. The highest BCUT2D eigenvalue weighted by atomic mass is 35.5. The zero-order valence-electron chi connectivity index (χ0n) is 21.0. The molecule has 0 spiro atoms. The lowest BCUT2D eigenvalue weighted by Gasteiger charge is -2.13. The monoisotopic (exact) mass is 483 g/mol. The Morgan fingerprint density at radius 2 is 1.91 bits per heavy atom. The van der Waals surface area contributed by atoms with Crippen molar-refractivity contribution >= 4 is 23.4 Å². The first-order valence-electron chi connectivity index (χ1n) is 11.4. The lowest BCUT2D eigenvalue weighted by Crippen LogP contribution is -2.05. The van der Waals surface area contributed by atoms with Crippen molar-refractivity contribution in [1.29, 1.82) is 0 Å². The van der Waals surface area contributed by atoms with Gasteiger partial charge in [0.1, 0.15) is 5.83 Å². The van der Waals surface area contributed by atoms with Crippen LogP contribution < -0.4 is 0 Å². The second-order valence-electron chi connectivity index (χ2n) is 6.74. The van der Waals surface area contributed by atoms with Gasteiger partial charge in [-0.2, -0.15) is 0 Å². The molecule has 1 aromatic heterocycles. The topological polar surface area (TPSA) is 25.2 Å². The van der Waals surface area contributed by atoms with Gasteiger partial charge in [-0.25, -0.2) is 4.39 Å². The average molecular weight is 484 g/mol. The standard InChI is InChI=1S/C22H29ClFNOS.C3H8.C2H6/c1-5-8-18(9-6-2)14-25-17(4)20(15-26)12-22(25)27-16-19(13-23)11-21(24)10-7-3;1-3-2;1-2/h5-6,8-12,26H,1,7,13-16H2,2-4H3;3H2,1-2H3;1-2H3/b9-6-,18-8+,19-11-,21-10+;;. The lowest BCUT2D eigenvalue weighted by molar-refractivity contribution is 0.281. The number of thioether (sulfide) groups is 1. The van der Waals surface area contributed by atoms with Crippen LogP contribution in [0, 0.1) is 6.92 Å². The molecule has 0 aliphatic heterocycles. The summed E-state index contributed by atoms with van der Waals surface area (Å²) in [6.45, 7) is 18.6. The zero-order valence-corrected chi connectivity index (χ0v) is 22.6. The summed E-state index contributed by atoms with van der Waals surface area (Å²) in [5, 5.41) is 10.7. The number of aromatic nitrogens is 1. The van der Waals surface area contributed by atoms with Gasteiger partial charge in [-0.1, -0.05) is 71.9 Å². The molecule has 0 radical (unpaired) electrons. The van der Waals surface area contributed by atoms with E-state index in [1.54, 1.807) is 17.8 Å². The average Bonchev–Trinajstić information content (AvgIpc) is 3.08. The van der Waals surface area contributed by atoms with Gasteiger partial charge in [0.2, 0.25) is 0 Å². The molecule has 0 amide bonds. The molecule has 0 fully saturated rings. The van der Waals surface area contributed by atoms with E-state index in [1.807, 2.05) is 58.9 Å². The van der Waals surface area contributed by atoms with Crippen LogP contribution in [0.2, 0.25) is 0 Å². The Morgan fingerprint density at radius 1 is 1.28 bits per heavy atom. The molecule has 32 heavy (non-hydrogen) atoms. The molecule has 0 aliphatic carbocycles. The van der Waals surface area contributed by atoms with Crippen LogP contribution in [-0.2, 0) is 13.2 Å². The molecule has 1 heterocycles. The number of aliphatic hydroxyl groups is 1. The highest BCUT2D eigenvalue weighted by molar-refractivity contribution is 7.99. The number of hydrogen-bond acceptors (Lipinski definition) is 2. The van der Waals surface area contributed by atoms with Gasteiger partial charge in [0, 0.05) is 23.9 Å². The number of halogens is 2. The van der Waals surface area contributed by atoms with E-state index in [2.05, 4.69) is 25.0 Å². The van der Waals surface area contributed by atoms with Gasteiger partial charge in [0.05, 0.1) is 11.6 Å². The third-order valence-electron chi connectivity index (χ3n) is 3.98. The number of allylic oxidation sites excluding steroid dienone is 8. The molecule has 1 rings (SSSR count). The fraction of sp³-hybridized carbons (Fsp3) is 0.481. The van der Waals surface area contributed by atoms with Crippen LogP contribution in [0.15, 0.2) is 71.1 Å². The summed E-state index contributed by atoms with van der Waals surface area (Å²) in [7, 11) is 0. The predicted molar refractivity (Wildman–Crippen MR) is 145 cm³/mol. The van der Waals surface area contributed by atoms with Crippen LogP contribution in [0.1, 0.15) is 65.6 Å². The molecule has 182 valence electrons. The second kappa shape index (κ2) is 21.4. The fourth-order valence-electron chi connectivity index (χ4n) is 2.59. The van der Waals surface area contributed by atoms with Crippen molar-refractivity contribution in [3.8, 4) is 0 Å². The van der Waals surface area contributed by atoms with E-state index in [-0.39, 0.29) is 18.3 Å². The second-order valence-corrected chi connectivity index (χ2v) is 8.01. The lowest BCUT2D eigenvalue weighted by atomic mass is 10.2. The molecule has 0 bridgehead atoms. The van der Waals surface area contributed by atoms with E-state index in [0.717, 1.165) is 27.4 Å². The fourth-order valence-corrected chi connectivity index (χ4v) is 3.97. The Morgan fingerprint density at radius 3 is 2.38 bits per heavy atom. The van der Waals surface area contributed by atoms with Crippen molar-refractivity contribution < 1.29 is 9.50 Å². The van der Waals surface area contributed by atoms with E-state index < -0.39 is 0 Å². The number of hydrogen-bond donors (Lipinski definition) is 1. The van der Waals surface area contributed by atoms with Crippen molar-refractivity contribution in [2.75, 3.05) is 11.6 Å². The molecular formula is C27H43ClFNOS. The normalized spacial score (nSPS) is 12.2. The largest absolute Gasteiger partial charge is 0.392 e. The van der Waals surface area contributed by atoms with Gasteiger partial charge in [-0.05, 0) is 55.2 Å².